The predicted octanol–water partition coefficient (Wildman–Crippen LogP) is 1.04. The minimum absolute atomic E-state index is 0. The van der Waals surface area contributed by atoms with Crippen LogP contribution in [0.3, 0.4) is 0 Å². The summed E-state index contributed by atoms with van der Waals surface area (Å²) >= 11 is 0. The monoisotopic (exact) mass is 555 g/mol. The van der Waals surface area contributed by atoms with E-state index < -0.39 is 0 Å². The lowest BCUT2D eigenvalue weighted by Crippen LogP contribution is -2.54. The Morgan fingerprint density at radius 1 is 1.23 bits per heavy atom. The zero-order valence-corrected chi connectivity index (χ0v) is 21.5. The Morgan fingerprint density at radius 3 is 2.42 bits per heavy atom. The first-order valence-corrected chi connectivity index (χ1v) is 10.7. The van der Waals surface area contributed by atoms with Gasteiger partial charge in [0.1, 0.15) is 6.54 Å². The maximum atomic E-state index is 12.0. The first-order chi connectivity index (χ1) is 14.4. The molecule has 2 rings (SSSR count). The molecular formula is C20H38IN5O5. The highest BCUT2D eigenvalue weighted by atomic mass is 127. The molecule has 10 nitrogen and oxygen atoms in total. The molecule has 2 aliphatic heterocycles. The summed E-state index contributed by atoms with van der Waals surface area (Å²) in [5, 5.41) is 6.78. The highest BCUT2D eigenvalue weighted by Gasteiger charge is 2.33. The fourth-order valence-electron chi connectivity index (χ4n) is 3.50. The third-order valence-electron chi connectivity index (χ3n) is 5.65. The number of nitrogens with one attached hydrogen (secondary N) is 2. The van der Waals surface area contributed by atoms with Gasteiger partial charge in [0.25, 0.3) is 0 Å². The number of ether oxygens (including phenoxy) is 3. The van der Waals surface area contributed by atoms with E-state index in [0.717, 1.165) is 25.7 Å². The van der Waals surface area contributed by atoms with Crippen molar-refractivity contribution in [1.29, 1.82) is 0 Å². The number of likely N-dealkylation sites (N-methyl/N-ethyl adjacent to an activating group) is 1. The number of rotatable bonds is 7. The van der Waals surface area contributed by atoms with Crippen LogP contribution in [0.2, 0.25) is 0 Å². The van der Waals surface area contributed by atoms with Crippen LogP contribution >= 0.6 is 24.0 Å². The first-order valence-electron chi connectivity index (χ1n) is 10.7. The van der Waals surface area contributed by atoms with E-state index >= 15 is 0 Å². The number of guanidine groups is 1. The number of carbonyl (C=O) groups is 2. The van der Waals surface area contributed by atoms with Crippen LogP contribution in [0.4, 0.5) is 4.79 Å². The summed E-state index contributed by atoms with van der Waals surface area (Å²) in [6.45, 7) is 5.41. The average Bonchev–Trinajstić information content (AvgIpc) is 2.76. The molecule has 0 atom stereocenters. The lowest BCUT2D eigenvalue weighted by molar-refractivity contribution is -0.127. The average molecular weight is 555 g/mol. The minimum atomic E-state index is -0.306. The zero-order valence-electron chi connectivity index (χ0n) is 19.1. The van der Waals surface area contributed by atoms with Crippen molar-refractivity contribution in [1.82, 2.24) is 20.4 Å². The van der Waals surface area contributed by atoms with Gasteiger partial charge >= 0.3 is 6.09 Å². The fourth-order valence-corrected chi connectivity index (χ4v) is 3.50. The number of likely N-dealkylation sites (tertiary alicyclic amines) is 1. The van der Waals surface area contributed by atoms with Gasteiger partial charge < -0.3 is 34.6 Å². The first kappa shape index (κ1) is 27.7. The Labute approximate surface area is 202 Å². The normalized spacial score (nSPS) is 19.2. The van der Waals surface area contributed by atoms with Gasteiger partial charge in [-0.25, -0.2) is 9.79 Å². The molecule has 0 aromatic heterocycles. The summed E-state index contributed by atoms with van der Waals surface area (Å²) in [5.41, 5.74) is -0.306. The molecule has 2 saturated heterocycles. The largest absolute Gasteiger partial charge is 0.450 e. The molecule has 0 spiro atoms. The molecule has 0 bridgehead atoms. The Morgan fingerprint density at radius 2 is 1.87 bits per heavy atom. The van der Waals surface area contributed by atoms with Gasteiger partial charge in [-0.2, -0.15) is 0 Å². The van der Waals surface area contributed by atoms with Crippen LogP contribution in [0, 0.1) is 0 Å². The number of piperidine rings is 1. The zero-order chi connectivity index (χ0) is 22.0. The van der Waals surface area contributed by atoms with Gasteiger partial charge in [0, 0.05) is 72.9 Å². The molecule has 2 aliphatic rings. The topological polar surface area (TPSA) is 105 Å². The highest BCUT2D eigenvalue weighted by molar-refractivity contribution is 14.0. The van der Waals surface area contributed by atoms with Gasteiger partial charge in [-0.15, -0.1) is 24.0 Å². The quantitative estimate of drug-likeness (QED) is 0.275. The van der Waals surface area contributed by atoms with E-state index in [2.05, 4.69) is 15.6 Å². The van der Waals surface area contributed by atoms with E-state index in [1.165, 1.54) is 4.90 Å². The number of hydrogen-bond acceptors (Lipinski definition) is 6. The molecule has 2 amide bonds. The summed E-state index contributed by atoms with van der Waals surface area (Å²) < 4.78 is 16.3. The summed E-state index contributed by atoms with van der Waals surface area (Å²) in [4.78, 5) is 31.6. The standard InChI is InChI=1S/C20H37N5O5.HI/c1-5-30-19(27)25-10-6-16(7-11-25)23-18(21-14-17(26)24(2)3)22-15-20(28-4)8-12-29-13-9-20;/h16H,5-15H2,1-4H3,(H2,21,22,23);1H. The second kappa shape index (κ2) is 13.9. The van der Waals surface area contributed by atoms with Gasteiger partial charge in [0.05, 0.1) is 12.2 Å². The van der Waals surface area contributed by atoms with Crippen LogP contribution in [0.1, 0.15) is 32.6 Å². The molecule has 0 saturated carbocycles. The number of aliphatic imine (C=N–C) groups is 1. The van der Waals surface area contributed by atoms with Crippen molar-refractivity contribution in [2.75, 3.05) is 67.2 Å². The third kappa shape index (κ3) is 8.97. The second-order valence-corrected chi connectivity index (χ2v) is 7.91. The maximum Gasteiger partial charge on any atom is 0.409 e. The molecule has 0 aromatic carbocycles. The summed E-state index contributed by atoms with van der Waals surface area (Å²) in [7, 11) is 5.15. The van der Waals surface area contributed by atoms with Crippen molar-refractivity contribution in [3.63, 3.8) is 0 Å². The molecule has 180 valence electrons. The van der Waals surface area contributed by atoms with Crippen LogP contribution in [-0.2, 0) is 19.0 Å². The van der Waals surface area contributed by atoms with Gasteiger partial charge in [-0.1, -0.05) is 0 Å². The number of amides is 2. The summed E-state index contributed by atoms with van der Waals surface area (Å²) in [6.07, 6.45) is 2.91. The van der Waals surface area contributed by atoms with Gasteiger partial charge in [-0.3, -0.25) is 4.79 Å². The molecule has 31 heavy (non-hydrogen) atoms. The lowest BCUT2D eigenvalue weighted by atomic mass is 9.94. The van der Waals surface area contributed by atoms with E-state index in [1.54, 1.807) is 33.0 Å². The number of nitrogens with zero attached hydrogens (tertiary/aromatic N) is 3. The van der Waals surface area contributed by atoms with Crippen molar-refractivity contribution in [2.24, 2.45) is 4.99 Å². The lowest BCUT2D eigenvalue weighted by Gasteiger charge is -2.37. The second-order valence-electron chi connectivity index (χ2n) is 7.91. The Bertz CT molecular complexity index is 591. The highest BCUT2D eigenvalue weighted by Crippen LogP contribution is 2.23. The van der Waals surface area contributed by atoms with Crippen molar-refractivity contribution in [3.05, 3.63) is 0 Å². The Hall–Kier alpha value is -1.34. The molecule has 2 heterocycles. The molecule has 2 N–H and O–H groups in total. The summed E-state index contributed by atoms with van der Waals surface area (Å²) in [6, 6.07) is 0.157. The van der Waals surface area contributed by atoms with Gasteiger partial charge in [-0.05, 0) is 19.8 Å². The van der Waals surface area contributed by atoms with E-state index in [4.69, 9.17) is 14.2 Å². The van der Waals surface area contributed by atoms with Crippen molar-refractivity contribution in [3.8, 4) is 0 Å². The van der Waals surface area contributed by atoms with Crippen molar-refractivity contribution >= 4 is 41.9 Å². The molecular weight excluding hydrogens is 517 g/mol. The maximum absolute atomic E-state index is 12.0. The van der Waals surface area contributed by atoms with E-state index in [9.17, 15) is 9.59 Å². The SMILES string of the molecule is CCOC(=O)N1CCC(NC(=NCC(=O)N(C)C)NCC2(OC)CCOCC2)CC1.I. The molecule has 2 fully saturated rings. The van der Waals surface area contributed by atoms with Crippen LogP contribution in [-0.4, -0.2) is 107 Å². The number of halogens is 1. The molecule has 11 heteroatoms. The van der Waals surface area contributed by atoms with Crippen LogP contribution < -0.4 is 10.6 Å². The van der Waals surface area contributed by atoms with E-state index in [-0.39, 0.29) is 54.2 Å². The number of methoxy groups -OCH3 is 1. The Kier molecular flexibility index (Phi) is 12.5. The molecule has 0 aromatic rings. The van der Waals surface area contributed by atoms with Crippen LogP contribution in [0.15, 0.2) is 4.99 Å². The predicted molar refractivity (Wildman–Crippen MR) is 129 cm³/mol. The smallest absolute Gasteiger partial charge is 0.409 e. The number of carbonyl (C=O) groups excluding carboxylic acids is 2. The van der Waals surface area contributed by atoms with Crippen LogP contribution in [0.5, 0.6) is 0 Å². The number of hydrogen-bond donors (Lipinski definition) is 2. The molecule has 0 aliphatic carbocycles. The van der Waals surface area contributed by atoms with Crippen molar-refractivity contribution < 1.29 is 23.8 Å². The summed E-state index contributed by atoms with van der Waals surface area (Å²) in [5.74, 6) is 0.517. The van der Waals surface area contributed by atoms with E-state index in [1.807, 2.05) is 0 Å². The third-order valence-corrected chi connectivity index (χ3v) is 5.65. The Balaban J connectivity index is 0.00000480. The van der Waals surface area contributed by atoms with E-state index in [0.29, 0.717) is 45.4 Å². The minimum Gasteiger partial charge on any atom is -0.450 e. The fraction of sp³-hybridized carbons (Fsp3) is 0.850. The van der Waals surface area contributed by atoms with Gasteiger partial charge in [0.2, 0.25) is 5.91 Å². The van der Waals surface area contributed by atoms with Crippen molar-refractivity contribution in [2.45, 2.75) is 44.2 Å². The molecule has 0 unspecified atom stereocenters. The van der Waals surface area contributed by atoms with Gasteiger partial charge in [0.15, 0.2) is 5.96 Å². The molecule has 0 radical (unpaired) electrons. The van der Waals surface area contributed by atoms with Crippen LogP contribution in [0.25, 0.3) is 0 Å².